The Morgan fingerprint density at radius 3 is 2.74 bits per heavy atom. The average molecular weight is 262 g/mol. The smallest absolute Gasteiger partial charge is 0.276 e. The van der Waals surface area contributed by atoms with E-state index in [0.717, 1.165) is 0 Å². The molecule has 0 bridgehead atoms. The first-order valence-corrected chi connectivity index (χ1v) is 6.03. The number of rotatable bonds is 8. The van der Waals surface area contributed by atoms with E-state index < -0.39 is 4.92 Å². The van der Waals surface area contributed by atoms with Gasteiger partial charge in [-0.3, -0.25) is 15.0 Å². The highest BCUT2D eigenvalue weighted by Gasteiger charge is 2.09. The molecule has 5 nitrogen and oxygen atoms in total. The molecule has 1 aromatic rings. The van der Waals surface area contributed by atoms with Crippen molar-refractivity contribution in [2.45, 2.75) is 0 Å². The van der Waals surface area contributed by atoms with Gasteiger partial charge in [-0.05, 0) is 6.07 Å². The SMILES string of the molecule is C=CCN(C/C=C/c1ccccc1[N+](=O)[O-])CCO. The van der Waals surface area contributed by atoms with E-state index in [9.17, 15) is 10.1 Å². The molecule has 0 amide bonds. The molecule has 0 fully saturated rings. The standard InChI is InChI=1S/C14H18N2O3/c1-2-9-15(11-12-17)10-5-7-13-6-3-4-8-14(13)16(18)19/h2-8,17H,1,9-12H2/b7-5+. The minimum Gasteiger partial charge on any atom is -0.395 e. The lowest BCUT2D eigenvalue weighted by Crippen LogP contribution is -2.27. The lowest BCUT2D eigenvalue weighted by atomic mass is 10.1. The Labute approximate surface area is 112 Å². The number of nitro groups is 1. The fourth-order valence-electron chi connectivity index (χ4n) is 1.70. The van der Waals surface area contributed by atoms with E-state index in [-0.39, 0.29) is 12.3 Å². The molecular weight excluding hydrogens is 244 g/mol. The second kappa shape index (κ2) is 8.18. The number of para-hydroxylation sites is 1. The Morgan fingerprint density at radius 2 is 2.11 bits per heavy atom. The first-order chi connectivity index (χ1) is 9.19. The van der Waals surface area contributed by atoms with Crippen LogP contribution in [0.3, 0.4) is 0 Å². The third kappa shape index (κ3) is 5.03. The fraction of sp³-hybridized carbons (Fsp3) is 0.286. The summed E-state index contributed by atoms with van der Waals surface area (Å²) in [5.74, 6) is 0. The molecule has 0 aliphatic heterocycles. The van der Waals surface area contributed by atoms with Crippen molar-refractivity contribution < 1.29 is 10.0 Å². The summed E-state index contributed by atoms with van der Waals surface area (Å²) in [7, 11) is 0. The van der Waals surface area contributed by atoms with Crippen LogP contribution in [0, 0.1) is 10.1 Å². The predicted octanol–water partition coefficient (Wildman–Crippen LogP) is 2.09. The molecule has 19 heavy (non-hydrogen) atoms. The minimum atomic E-state index is -0.394. The zero-order valence-corrected chi connectivity index (χ0v) is 10.7. The lowest BCUT2D eigenvalue weighted by molar-refractivity contribution is -0.385. The lowest BCUT2D eigenvalue weighted by Gasteiger charge is -2.16. The van der Waals surface area contributed by atoms with Gasteiger partial charge in [-0.2, -0.15) is 0 Å². The van der Waals surface area contributed by atoms with Crippen LogP contribution in [-0.4, -0.2) is 41.2 Å². The average Bonchev–Trinajstić information content (AvgIpc) is 2.39. The maximum atomic E-state index is 10.8. The number of aliphatic hydroxyl groups excluding tert-OH is 1. The molecule has 0 unspecified atom stereocenters. The summed E-state index contributed by atoms with van der Waals surface area (Å²) in [6.45, 7) is 5.55. The van der Waals surface area contributed by atoms with E-state index >= 15 is 0 Å². The van der Waals surface area contributed by atoms with Gasteiger partial charge in [0.1, 0.15) is 0 Å². The molecule has 1 aromatic carbocycles. The van der Waals surface area contributed by atoms with Gasteiger partial charge in [0.05, 0.1) is 17.1 Å². The summed E-state index contributed by atoms with van der Waals surface area (Å²) in [5.41, 5.74) is 0.672. The van der Waals surface area contributed by atoms with Crippen molar-refractivity contribution in [2.75, 3.05) is 26.2 Å². The van der Waals surface area contributed by atoms with Gasteiger partial charge >= 0.3 is 0 Å². The van der Waals surface area contributed by atoms with Crippen LogP contribution in [0.5, 0.6) is 0 Å². The van der Waals surface area contributed by atoms with E-state index in [4.69, 9.17) is 5.11 Å². The van der Waals surface area contributed by atoms with Crippen molar-refractivity contribution in [3.05, 3.63) is 58.7 Å². The first kappa shape index (κ1) is 15.1. The van der Waals surface area contributed by atoms with Crippen LogP contribution in [0.2, 0.25) is 0 Å². The third-order valence-corrected chi connectivity index (χ3v) is 2.60. The molecule has 0 atom stereocenters. The summed E-state index contributed by atoms with van der Waals surface area (Å²) < 4.78 is 0. The van der Waals surface area contributed by atoms with Crippen LogP contribution in [0.25, 0.3) is 6.08 Å². The second-order valence-corrected chi connectivity index (χ2v) is 3.99. The number of nitro benzene ring substituents is 1. The largest absolute Gasteiger partial charge is 0.395 e. The number of hydrogen-bond donors (Lipinski definition) is 1. The van der Waals surface area contributed by atoms with Gasteiger partial charge in [0.25, 0.3) is 5.69 Å². The van der Waals surface area contributed by atoms with Crippen LogP contribution in [0.15, 0.2) is 43.0 Å². The van der Waals surface area contributed by atoms with Crippen LogP contribution in [-0.2, 0) is 0 Å². The topological polar surface area (TPSA) is 66.6 Å². The van der Waals surface area contributed by atoms with E-state index in [1.165, 1.54) is 6.07 Å². The van der Waals surface area contributed by atoms with Crippen molar-refractivity contribution in [1.82, 2.24) is 4.90 Å². The van der Waals surface area contributed by atoms with Gasteiger partial charge in [0.15, 0.2) is 0 Å². The number of benzene rings is 1. The van der Waals surface area contributed by atoms with Crippen molar-refractivity contribution in [3.63, 3.8) is 0 Å². The molecule has 0 heterocycles. The summed E-state index contributed by atoms with van der Waals surface area (Å²) in [6, 6.07) is 6.60. The molecule has 1 rings (SSSR count). The van der Waals surface area contributed by atoms with Gasteiger partial charge in [-0.15, -0.1) is 6.58 Å². The fourth-order valence-corrected chi connectivity index (χ4v) is 1.70. The Morgan fingerprint density at radius 1 is 1.37 bits per heavy atom. The Kier molecular flexibility index (Phi) is 6.49. The van der Waals surface area contributed by atoms with E-state index in [2.05, 4.69) is 6.58 Å². The number of nitrogens with zero attached hydrogens (tertiary/aromatic N) is 2. The molecule has 0 aliphatic carbocycles. The maximum Gasteiger partial charge on any atom is 0.276 e. The van der Waals surface area contributed by atoms with Crippen LogP contribution < -0.4 is 0 Å². The zero-order chi connectivity index (χ0) is 14.1. The van der Waals surface area contributed by atoms with Gasteiger partial charge in [0.2, 0.25) is 0 Å². The van der Waals surface area contributed by atoms with E-state index in [1.807, 2.05) is 11.0 Å². The summed E-state index contributed by atoms with van der Waals surface area (Å²) in [5, 5.41) is 19.7. The van der Waals surface area contributed by atoms with Gasteiger partial charge < -0.3 is 5.11 Å². The van der Waals surface area contributed by atoms with Crippen molar-refractivity contribution >= 4 is 11.8 Å². The van der Waals surface area contributed by atoms with Crippen LogP contribution in [0.4, 0.5) is 5.69 Å². The van der Waals surface area contributed by atoms with Gasteiger partial charge in [-0.1, -0.05) is 30.4 Å². The Hall–Kier alpha value is -1.98. The highest BCUT2D eigenvalue weighted by molar-refractivity contribution is 5.60. The minimum absolute atomic E-state index is 0.0766. The monoisotopic (exact) mass is 262 g/mol. The molecular formula is C14H18N2O3. The van der Waals surface area contributed by atoms with Gasteiger partial charge in [0, 0.05) is 25.7 Å². The molecule has 0 aromatic heterocycles. The maximum absolute atomic E-state index is 10.8. The van der Waals surface area contributed by atoms with Crippen LogP contribution in [0.1, 0.15) is 5.56 Å². The normalized spacial score (nSPS) is 11.1. The van der Waals surface area contributed by atoms with E-state index in [1.54, 1.807) is 30.4 Å². The first-order valence-electron chi connectivity index (χ1n) is 6.03. The second-order valence-electron chi connectivity index (χ2n) is 3.99. The quantitative estimate of drug-likeness (QED) is 0.442. The van der Waals surface area contributed by atoms with Crippen LogP contribution >= 0.6 is 0 Å². The zero-order valence-electron chi connectivity index (χ0n) is 10.7. The molecule has 0 spiro atoms. The van der Waals surface area contributed by atoms with E-state index in [0.29, 0.717) is 25.2 Å². The highest BCUT2D eigenvalue weighted by atomic mass is 16.6. The summed E-state index contributed by atoms with van der Waals surface area (Å²) in [6.07, 6.45) is 5.33. The summed E-state index contributed by atoms with van der Waals surface area (Å²) in [4.78, 5) is 12.4. The molecule has 0 saturated carbocycles. The van der Waals surface area contributed by atoms with Gasteiger partial charge in [-0.25, -0.2) is 0 Å². The molecule has 102 valence electrons. The van der Waals surface area contributed by atoms with Crippen molar-refractivity contribution in [2.24, 2.45) is 0 Å². The Bertz CT molecular complexity index is 458. The molecule has 5 heteroatoms. The predicted molar refractivity (Wildman–Crippen MR) is 75.9 cm³/mol. The number of aliphatic hydroxyl groups is 1. The molecule has 1 N–H and O–H groups in total. The third-order valence-electron chi connectivity index (χ3n) is 2.60. The molecule has 0 saturated heterocycles. The highest BCUT2D eigenvalue weighted by Crippen LogP contribution is 2.18. The summed E-state index contributed by atoms with van der Waals surface area (Å²) >= 11 is 0. The molecule has 0 aliphatic rings. The molecule has 0 radical (unpaired) electrons. The Balaban J connectivity index is 2.70. The number of hydrogen-bond acceptors (Lipinski definition) is 4. The van der Waals surface area contributed by atoms with Crippen molar-refractivity contribution in [3.8, 4) is 0 Å². The van der Waals surface area contributed by atoms with Crippen molar-refractivity contribution in [1.29, 1.82) is 0 Å².